The quantitative estimate of drug-likeness (QED) is 0.900. The van der Waals surface area contributed by atoms with Gasteiger partial charge in [-0.2, -0.15) is 5.10 Å². The zero-order chi connectivity index (χ0) is 13.8. The number of rotatable bonds is 5. The van der Waals surface area contributed by atoms with Gasteiger partial charge in [-0.05, 0) is 25.0 Å². The Labute approximate surface area is 112 Å². The lowest BCUT2D eigenvalue weighted by molar-refractivity contribution is 0.0995. The van der Waals surface area contributed by atoms with Crippen molar-refractivity contribution in [2.45, 2.75) is 40.2 Å². The lowest BCUT2D eigenvalue weighted by atomic mass is 10.1. The number of furan rings is 1. The van der Waals surface area contributed by atoms with Crippen molar-refractivity contribution in [3.8, 4) is 0 Å². The minimum atomic E-state index is -0.231. The van der Waals surface area contributed by atoms with Crippen molar-refractivity contribution in [2.75, 3.05) is 5.32 Å². The number of aryl methyl sites for hydroxylation is 3. The zero-order valence-corrected chi connectivity index (χ0v) is 11.6. The minimum absolute atomic E-state index is 0.231. The molecule has 0 aliphatic carbocycles. The summed E-state index contributed by atoms with van der Waals surface area (Å²) in [6, 6.07) is 1.82. The van der Waals surface area contributed by atoms with Crippen molar-refractivity contribution in [3.63, 3.8) is 0 Å². The van der Waals surface area contributed by atoms with Gasteiger partial charge in [0.1, 0.15) is 5.76 Å². The maximum Gasteiger partial charge on any atom is 0.291 e. The molecule has 0 aromatic carbocycles. The lowest BCUT2D eigenvalue weighted by Gasteiger charge is -1.98. The molecule has 0 fully saturated rings. The molecule has 0 saturated carbocycles. The van der Waals surface area contributed by atoms with Crippen LogP contribution in [0.4, 0.5) is 5.69 Å². The van der Waals surface area contributed by atoms with Crippen molar-refractivity contribution in [3.05, 3.63) is 35.5 Å². The fourth-order valence-electron chi connectivity index (χ4n) is 1.97. The van der Waals surface area contributed by atoms with E-state index in [1.165, 1.54) is 0 Å². The van der Waals surface area contributed by atoms with Crippen LogP contribution in [-0.4, -0.2) is 15.7 Å². The zero-order valence-electron chi connectivity index (χ0n) is 11.6. The summed E-state index contributed by atoms with van der Waals surface area (Å²) in [6.45, 7) is 6.84. The maximum absolute atomic E-state index is 12.1. The van der Waals surface area contributed by atoms with E-state index >= 15 is 0 Å². The second-order valence-corrected chi connectivity index (χ2v) is 4.31. The molecule has 19 heavy (non-hydrogen) atoms. The van der Waals surface area contributed by atoms with Crippen molar-refractivity contribution in [1.29, 1.82) is 0 Å². The van der Waals surface area contributed by atoms with E-state index in [1.807, 2.05) is 19.9 Å². The summed E-state index contributed by atoms with van der Waals surface area (Å²) >= 11 is 0. The first kappa shape index (κ1) is 13.4. The van der Waals surface area contributed by atoms with Crippen molar-refractivity contribution < 1.29 is 9.21 Å². The summed E-state index contributed by atoms with van der Waals surface area (Å²) in [4.78, 5) is 12.1. The Morgan fingerprint density at radius 3 is 2.68 bits per heavy atom. The SMILES string of the molecule is CCc1cc(C(=O)Nc2cnn(CC)c2)oc1CC. The molecule has 2 aromatic rings. The average Bonchev–Trinajstić information content (AvgIpc) is 3.03. The van der Waals surface area contributed by atoms with Crippen LogP contribution >= 0.6 is 0 Å². The van der Waals surface area contributed by atoms with Crippen LogP contribution in [0.15, 0.2) is 22.9 Å². The molecule has 0 atom stereocenters. The predicted octanol–water partition coefficient (Wildman–Crippen LogP) is 2.87. The van der Waals surface area contributed by atoms with Gasteiger partial charge in [0.25, 0.3) is 5.91 Å². The van der Waals surface area contributed by atoms with Gasteiger partial charge in [-0.15, -0.1) is 0 Å². The van der Waals surface area contributed by atoms with Crippen LogP contribution in [-0.2, 0) is 19.4 Å². The van der Waals surface area contributed by atoms with Crippen LogP contribution in [0.25, 0.3) is 0 Å². The number of aromatic nitrogens is 2. The molecule has 2 aromatic heterocycles. The molecule has 2 rings (SSSR count). The monoisotopic (exact) mass is 261 g/mol. The molecule has 0 radical (unpaired) electrons. The van der Waals surface area contributed by atoms with E-state index < -0.39 is 0 Å². The molecule has 1 amide bonds. The van der Waals surface area contributed by atoms with Gasteiger partial charge in [0.2, 0.25) is 0 Å². The summed E-state index contributed by atoms with van der Waals surface area (Å²) in [5, 5.41) is 6.89. The third-order valence-corrected chi connectivity index (χ3v) is 3.04. The topological polar surface area (TPSA) is 60.1 Å². The molecule has 0 saturated heterocycles. The van der Waals surface area contributed by atoms with Crippen LogP contribution in [0.5, 0.6) is 0 Å². The minimum Gasteiger partial charge on any atom is -0.456 e. The Balaban J connectivity index is 2.13. The van der Waals surface area contributed by atoms with E-state index in [9.17, 15) is 4.79 Å². The fraction of sp³-hybridized carbons (Fsp3) is 0.429. The molecule has 0 spiro atoms. The van der Waals surface area contributed by atoms with E-state index in [-0.39, 0.29) is 5.91 Å². The van der Waals surface area contributed by atoms with Crippen LogP contribution in [0.2, 0.25) is 0 Å². The Bertz CT molecular complexity index is 548. The smallest absolute Gasteiger partial charge is 0.291 e. The summed E-state index contributed by atoms with van der Waals surface area (Å²) < 4.78 is 7.34. The van der Waals surface area contributed by atoms with Gasteiger partial charge in [0.15, 0.2) is 5.76 Å². The van der Waals surface area contributed by atoms with Crippen LogP contribution in [0.3, 0.4) is 0 Å². The first-order chi connectivity index (χ1) is 9.17. The maximum atomic E-state index is 12.1. The molecular formula is C14H19N3O2. The highest BCUT2D eigenvalue weighted by atomic mass is 16.4. The van der Waals surface area contributed by atoms with Crippen molar-refractivity contribution in [2.24, 2.45) is 0 Å². The second-order valence-electron chi connectivity index (χ2n) is 4.31. The summed E-state index contributed by atoms with van der Waals surface area (Å²) in [5.74, 6) is 1.01. The normalized spacial score (nSPS) is 10.7. The molecule has 1 N–H and O–H groups in total. The molecule has 5 nitrogen and oxygen atoms in total. The highest BCUT2D eigenvalue weighted by Crippen LogP contribution is 2.18. The number of hydrogen-bond donors (Lipinski definition) is 1. The molecule has 102 valence electrons. The third-order valence-electron chi connectivity index (χ3n) is 3.04. The molecule has 2 heterocycles. The van der Waals surface area contributed by atoms with Gasteiger partial charge < -0.3 is 9.73 Å². The molecule has 5 heteroatoms. The summed E-state index contributed by atoms with van der Waals surface area (Å²) in [6.07, 6.45) is 5.09. The van der Waals surface area contributed by atoms with E-state index in [0.29, 0.717) is 11.4 Å². The summed E-state index contributed by atoms with van der Waals surface area (Å²) in [7, 11) is 0. The molecule has 0 bridgehead atoms. The number of nitrogens with one attached hydrogen (secondary N) is 1. The molecule has 0 aliphatic heterocycles. The van der Waals surface area contributed by atoms with Gasteiger partial charge in [0, 0.05) is 19.2 Å². The van der Waals surface area contributed by atoms with E-state index in [1.54, 1.807) is 17.1 Å². The standard InChI is InChI=1S/C14H19N3O2/c1-4-10-7-13(19-12(10)5-2)14(18)16-11-8-15-17(6-3)9-11/h7-9H,4-6H2,1-3H3,(H,16,18). The average molecular weight is 261 g/mol. The number of nitrogens with zero attached hydrogens (tertiary/aromatic N) is 2. The predicted molar refractivity (Wildman–Crippen MR) is 73.3 cm³/mol. The first-order valence-electron chi connectivity index (χ1n) is 6.63. The Morgan fingerprint density at radius 2 is 2.16 bits per heavy atom. The van der Waals surface area contributed by atoms with Crippen molar-refractivity contribution >= 4 is 11.6 Å². The number of anilines is 1. The van der Waals surface area contributed by atoms with E-state index in [4.69, 9.17) is 4.42 Å². The van der Waals surface area contributed by atoms with Crippen LogP contribution < -0.4 is 5.32 Å². The van der Waals surface area contributed by atoms with Gasteiger partial charge >= 0.3 is 0 Å². The Morgan fingerprint density at radius 1 is 1.37 bits per heavy atom. The first-order valence-corrected chi connectivity index (χ1v) is 6.63. The molecular weight excluding hydrogens is 242 g/mol. The van der Waals surface area contributed by atoms with Gasteiger partial charge in [-0.25, -0.2) is 0 Å². The largest absolute Gasteiger partial charge is 0.456 e. The van der Waals surface area contributed by atoms with Crippen molar-refractivity contribution in [1.82, 2.24) is 9.78 Å². The number of amides is 1. The van der Waals surface area contributed by atoms with E-state index in [2.05, 4.69) is 17.3 Å². The molecule has 0 unspecified atom stereocenters. The van der Waals surface area contributed by atoms with Crippen LogP contribution in [0.1, 0.15) is 42.6 Å². The highest BCUT2D eigenvalue weighted by molar-refractivity contribution is 6.02. The van der Waals surface area contributed by atoms with Gasteiger partial charge in [-0.1, -0.05) is 13.8 Å². The Hall–Kier alpha value is -2.04. The van der Waals surface area contributed by atoms with Gasteiger partial charge in [0.05, 0.1) is 11.9 Å². The lowest BCUT2D eigenvalue weighted by Crippen LogP contribution is -2.10. The number of hydrogen-bond acceptors (Lipinski definition) is 3. The van der Waals surface area contributed by atoms with E-state index in [0.717, 1.165) is 30.7 Å². The summed E-state index contributed by atoms with van der Waals surface area (Å²) in [5.41, 5.74) is 1.77. The molecule has 0 aliphatic rings. The van der Waals surface area contributed by atoms with Crippen LogP contribution in [0, 0.1) is 0 Å². The fourth-order valence-corrected chi connectivity index (χ4v) is 1.97. The second kappa shape index (κ2) is 5.73. The van der Waals surface area contributed by atoms with Gasteiger partial charge in [-0.3, -0.25) is 9.48 Å². The number of carbonyl (C=O) groups excluding carboxylic acids is 1. The number of carbonyl (C=O) groups is 1. The highest BCUT2D eigenvalue weighted by Gasteiger charge is 2.15. The third kappa shape index (κ3) is 2.86. The Kier molecular flexibility index (Phi) is 4.04.